The van der Waals surface area contributed by atoms with E-state index < -0.39 is 5.97 Å². The summed E-state index contributed by atoms with van der Waals surface area (Å²) >= 11 is 1.24. The molecule has 0 aliphatic carbocycles. The third-order valence-electron chi connectivity index (χ3n) is 3.96. The Morgan fingerprint density at radius 1 is 1.18 bits per heavy atom. The normalized spacial score (nSPS) is 11.7. The molecule has 0 radical (unpaired) electrons. The van der Waals surface area contributed by atoms with Crippen LogP contribution in [0.3, 0.4) is 0 Å². The summed E-state index contributed by atoms with van der Waals surface area (Å²) in [6, 6.07) is 14.4. The molecule has 0 amide bonds. The van der Waals surface area contributed by atoms with Gasteiger partial charge in [0, 0.05) is 6.92 Å². The van der Waals surface area contributed by atoms with Gasteiger partial charge >= 0.3 is 5.97 Å². The predicted octanol–water partition coefficient (Wildman–Crippen LogP) is 2.30. The number of rotatable bonds is 4. The van der Waals surface area contributed by atoms with Crippen molar-refractivity contribution in [2.75, 3.05) is 7.11 Å². The second kappa shape index (κ2) is 7.24. The van der Waals surface area contributed by atoms with Crippen LogP contribution in [0.15, 0.2) is 53.3 Å². The fourth-order valence-electron chi connectivity index (χ4n) is 2.73. The lowest BCUT2D eigenvalue weighted by atomic mass is 10.2. The van der Waals surface area contributed by atoms with Crippen LogP contribution in [0, 0.1) is 0 Å². The molecule has 28 heavy (non-hydrogen) atoms. The zero-order valence-corrected chi connectivity index (χ0v) is 15.9. The summed E-state index contributed by atoms with van der Waals surface area (Å²) in [6.45, 7) is 1.33. The van der Waals surface area contributed by atoms with Crippen LogP contribution in [0.25, 0.3) is 22.4 Å². The van der Waals surface area contributed by atoms with Crippen molar-refractivity contribution >= 4 is 28.3 Å². The van der Waals surface area contributed by atoms with Gasteiger partial charge in [-0.05, 0) is 35.9 Å². The molecule has 2 aromatic carbocycles. The molecule has 0 atom stereocenters. The molecule has 2 aromatic heterocycles. The number of esters is 1. The Bertz CT molecular complexity index is 1290. The minimum atomic E-state index is -0.437. The summed E-state index contributed by atoms with van der Waals surface area (Å²) in [5.74, 6) is 0.954. The van der Waals surface area contributed by atoms with Crippen LogP contribution in [0.5, 0.6) is 11.5 Å². The summed E-state index contributed by atoms with van der Waals surface area (Å²) < 4.78 is 12.2. The number of para-hydroxylation sites is 1. The number of aromatic nitrogens is 3. The highest BCUT2D eigenvalue weighted by molar-refractivity contribution is 7.15. The summed E-state index contributed by atoms with van der Waals surface area (Å²) in [4.78, 5) is 28.9. The van der Waals surface area contributed by atoms with E-state index in [0.29, 0.717) is 32.4 Å². The highest BCUT2D eigenvalue weighted by atomic mass is 32.1. The number of hydrogen-bond acceptors (Lipinski definition) is 7. The number of carbonyl (C=O) groups is 1. The van der Waals surface area contributed by atoms with Crippen molar-refractivity contribution in [1.29, 1.82) is 0 Å². The first-order valence-corrected chi connectivity index (χ1v) is 9.20. The van der Waals surface area contributed by atoms with Crippen LogP contribution in [0.1, 0.15) is 12.5 Å². The molecule has 0 saturated heterocycles. The Kier molecular flexibility index (Phi) is 4.62. The molecule has 7 nitrogen and oxygen atoms in total. The molecular formula is C20H15N3O4S. The molecule has 140 valence electrons. The fourth-order valence-corrected chi connectivity index (χ4v) is 3.63. The minimum absolute atomic E-state index is 0.258. The van der Waals surface area contributed by atoms with E-state index in [4.69, 9.17) is 9.47 Å². The van der Waals surface area contributed by atoms with Gasteiger partial charge in [0.25, 0.3) is 5.56 Å². The SMILES string of the molecule is COc1cccc(/C=c2\sc3nc(-c4ccccc4OC(C)=O)nn3c2=O)c1. The van der Waals surface area contributed by atoms with Crippen LogP contribution < -0.4 is 19.6 Å². The van der Waals surface area contributed by atoms with Gasteiger partial charge in [-0.1, -0.05) is 35.6 Å². The number of ether oxygens (including phenoxy) is 2. The van der Waals surface area contributed by atoms with Crippen molar-refractivity contribution in [3.63, 3.8) is 0 Å². The van der Waals surface area contributed by atoms with Crippen molar-refractivity contribution in [1.82, 2.24) is 14.6 Å². The molecule has 0 spiro atoms. The quantitative estimate of drug-likeness (QED) is 0.391. The number of hydrogen-bond donors (Lipinski definition) is 0. The van der Waals surface area contributed by atoms with Crippen LogP contribution in [0.4, 0.5) is 0 Å². The molecule has 8 heteroatoms. The van der Waals surface area contributed by atoms with Crippen molar-refractivity contribution < 1.29 is 14.3 Å². The molecular weight excluding hydrogens is 378 g/mol. The number of carbonyl (C=O) groups excluding carboxylic acids is 1. The minimum Gasteiger partial charge on any atom is -0.497 e. The topological polar surface area (TPSA) is 82.8 Å². The number of fused-ring (bicyclic) bond motifs is 1. The fraction of sp³-hybridized carbons (Fsp3) is 0.100. The maximum absolute atomic E-state index is 12.7. The molecule has 0 unspecified atom stereocenters. The molecule has 0 aliphatic rings. The number of nitrogens with zero attached hydrogens (tertiary/aromatic N) is 3. The largest absolute Gasteiger partial charge is 0.497 e. The van der Waals surface area contributed by atoms with Crippen LogP contribution >= 0.6 is 11.3 Å². The molecule has 0 bridgehead atoms. The Hall–Kier alpha value is -3.52. The van der Waals surface area contributed by atoms with Gasteiger partial charge in [0.2, 0.25) is 4.96 Å². The highest BCUT2D eigenvalue weighted by Crippen LogP contribution is 2.27. The van der Waals surface area contributed by atoms with E-state index in [1.165, 1.54) is 22.8 Å². The van der Waals surface area contributed by atoms with E-state index in [9.17, 15) is 9.59 Å². The van der Waals surface area contributed by atoms with Crippen molar-refractivity contribution in [2.45, 2.75) is 6.92 Å². The van der Waals surface area contributed by atoms with Crippen molar-refractivity contribution in [3.8, 4) is 22.9 Å². The maximum atomic E-state index is 12.7. The monoisotopic (exact) mass is 393 g/mol. The van der Waals surface area contributed by atoms with E-state index in [1.807, 2.05) is 24.3 Å². The zero-order chi connectivity index (χ0) is 19.7. The van der Waals surface area contributed by atoms with Gasteiger partial charge in [0.1, 0.15) is 11.5 Å². The standard InChI is InChI=1S/C20H15N3O4S/c1-12(24)27-16-9-4-3-8-15(16)18-21-20-23(22-18)19(25)17(28-20)11-13-6-5-7-14(10-13)26-2/h3-11H,1-2H3/b17-11-. The lowest BCUT2D eigenvalue weighted by molar-refractivity contribution is -0.131. The van der Waals surface area contributed by atoms with Gasteiger partial charge in [-0.2, -0.15) is 9.50 Å². The van der Waals surface area contributed by atoms with E-state index in [-0.39, 0.29) is 5.56 Å². The smallest absolute Gasteiger partial charge is 0.308 e. The van der Waals surface area contributed by atoms with E-state index in [1.54, 1.807) is 37.5 Å². The average Bonchev–Trinajstić information content (AvgIpc) is 3.22. The Balaban J connectivity index is 1.78. The van der Waals surface area contributed by atoms with Crippen molar-refractivity contribution in [2.24, 2.45) is 0 Å². The van der Waals surface area contributed by atoms with Crippen LogP contribution in [0.2, 0.25) is 0 Å². The second-order valence-electron chi connectivity index (χ2n) is 5.91. The number of benzene rings is 2. The number of methoxy groups -OCH3 is 1. The van der Waals surface area contributed by atoms with Gasteiger partial charge in [-0.15, -0.1) is 5.10 Å². The number of thiazole rings is 1. The Morgan fingerprint density at radius 2 is 2.00 bits per heavy atom. The first kappa shape index (κ1) is 17.9. The first-order chi connectivity index (χ1) is 13.5. The summed E-state index contributed by atoms with van der Waals surface area (Å²) in [7, 11) is 1.59. The zero-order valence-electron chi connectivity index (χ0n) is 15.1. The van der Waals surface area contributed by atoms with Gasteiger partial charge in [0.15, 0.2) is 5.82 Å². The lowest BCUT2D eigenvalue weighted by Gasteiger charge is -2.04. The highest BCUT2D eigenvalue weighted by Gasteiger charge is 2.16. The molecule has 0 aliphatic heterocycles. The van der Waals surface area contributed by atoms with E-state index >= 15 is 0 Å². The predicted molar refractivity (Wildman–Crippen MR) is 106 cm³/mol. The molecule has 4 rings (SSSR count). The summed E-state index contributed by atoms with van der Waals surface area (Å²) in [5.41, 5.74) is 1.14. The average molecular weight is 393 g/mol. The van der Waals surface area contributed by atoms with Crippen LogP contribution in [-0.4, -0.2) is 27.7 Å². The summed E-state index contributed by atoms with van der Waals surface area (Å²) in [6.07, 6.45) is 1.78. The van der Waals surface area contributed by atoms with Gasteiger partial charge in [0.05, 0.1) is 17.2 Å². The van der Waals surface area contributed by atoms with Gasteiger partial charge in [-0.3, -0.25) is 9.59 Å². The Morgan fingerprint density at radius 3 is 2.75 bits per heavy atom. The Labute approximate surface area is 163 Å². The van der Waals surface area contributed by atoms with Gasteiger partial charge < -0.3 is 9.47 Å². The van der Waals surface area contributed by atoms with Crippen LogP contribution in [-0.2, 0) is 4.79 Å². The maximum Gasteiger partial charge on any atom is 0.308 e. The second-order valence-corrected chi connectivity index (χ2v) is 6.92. The molecule has 4 aromatic rings. The van der Waals surface area contributed by atoms with Gasteiger partial charge in [-0.25, -0.2) is 0 Å². The van der Waals surface area contributed by atoms with Crippen molar-refractivity contribution in [3.05, 3.63) is 69.0 Å². The molecule has 2 heterocycles. The molecule has 0 saturated carbocycles. The first-order valence-electron chi connectivity index (χ1n) is 8.38. The third kappa shape index (κ3) is 3.37. The molecule has 0 N–H and O–H groups in total. The lowest BCUT2D eigenvalue weighted by Crippen LogP contribution is -2.23. The van der Waals surface area contributed by atoms with E-state index in [0.717, 1.165) is 5.56 Å². The third-order valence-corrected chi connectivity index (χ3v) is 4.91. The van der Waals surface area contributed by atoms with E-state index in [2.05, 4.69) is 10.1 Å². The molecule has 0 fully saturated rings. The summed E-state index contributed by atoms with van der Waals surface area (Å²) in [5, 5.41) is 4.31.